The molecule has 140 valence electrons. The minimum absolute atomic E-state index is 0.0636. The smallest absolute Gasteiger partial charge is 0.298 e. The lowest BCUT2D eigenvalue weighted by atomic mass is 10.2. The lowest BCUT2D eigenvalue weighted by molar-refractivity contribution is -0.139. The number of para-hydroxylation sites is 1. The predicted molar refractivity (Wildman–Crippen MR) is 91.6 cm³/mol. The van der Waals surface area contributed by atoms with E-state index < -0.39 is 17.3 Å². The van der Waals surface area contributed by atoms with E-state index in [4.69, 9.17) is 0 Å². The molecular weight excluding hydrogens is 361 g/mol. The second-order valence-corrected chi connectivity index (χ2v) is 6.63. The minimum Gasteiger partial charge on any atom is -0.298 e. The number of alkyl halides is 3. The zero-order valence-electron chi connectivity index (χ0n) is 14.3. The van der Waals surface area contributed by atoms with Gasteiger partial charge in [-0.25, -0.2) is 9.67 Å². The molecule has 9 heteroatoms. The Morgan fingerprint density at radius 3 is 2.52 bits per heavy atom. The third-order valence-corrected chi connectivity index (χ3v) is 4.66. The molecule has 0 radical (unpaired) electrons. The standard InChI is InChI=1S/C18H15F3N4O2/c1-24-15(22-13-5-3-2-4-11(13)16(24)26)9-25-17(27)12(18(19,20)21)8-14(23-25)10-6-7-10/h2-5,8,10H,6-7,9H2,1H3. The van der Waals surface area contributed by atoms with Gasteiger partial charge in [0.05, 0.1) is 16.6 Å². The summed E-state index contributed by atoms with van der Waals surface area (Å²) in [4.78, 5) is 29.1. The van der Waals surface area contributed by atoms with E-state index in [9.17, 15) is 22.8 Å². The summed E-state index contributed by atoms with van der Waals surface area (Å²) in [5, 5.41) is 4.50. The fourth-order valence-corrected chi connectivity index (χ4v) is 2.99. The number of hydrogen-bond donors (Lipinski definition) is 0. The van der Waals surface area contributed by atoms with Crippen molar-refractivity contribution in [1.82, 2.24) is 19.3 Å². The molecule has 2 heterocycles. The average Bonchev–Trinajstić information content (AvgIpc) is 3.45. The van der Waals surface area contributed by atoms with Crippen LogP contribution in [0.1, 0.15) is 35.8 Å². The van der Waals surface area contributed by atoms with Crippen LogP contribution in [0.4, 0.5) is 13.2 Å². The van der Waals surface area contributed by atoms with Gasteiger partial charge in [-0.1, -0.05) is 12.1 Å². The SMILES string of the molecule is Cn1c(Cn2nc(C3CC3)cc(C(F)(F)F)c2=O)nc2ccccc2c1=O. The summed E-state index contributed by atoms with van der Waals surface area (Å²) in [7, 11) is 1.47. The first-order valence-electron chi connectivity index (χ1n) is 8.39. The van der Waals surface area contributed by atoms with Crippen LogP contribution in [0, 0.1) is 0 Å². The summed E-state index contributed by atoms with van der Waals surface area (Å²) in [5.41, 5.74) is -2.16. The van der Waals surface area contributed by atoms with Crippen LogP contribution in [0.3, 0.4) is 0 Å². The van der Waals surface area contributed by atoms with Gasteiger partial charge < -0.3 is 0 Å². The Labute approximate surface area is 150 Å². The maximum Gasteiger partial charge on any atom is 0.421 e. The second kappa shape index (κ2) is 6.04. The molecule has 1 aromatic carbocycles. The normalized spacial score (nSPS) is 14.7. The van der Waals surface area contributed by atoms with Crippen molar-refractivity contribution in [3.05, 3.63) is 68.1 Å². The molecule has 3 aromatic rings. The van der Waals surface area contributed by atoms with E-state index >= 15 is 0 Å². The molecule has 1 fully saturated rings. The summed E-state index contributed by atoms with van der Waals surface area (Å²) in [6.45, 7) is -0.320. The van der Waals surface area contributed by atoms with Crippen LogP contribution in [0.25, 0.3) is 10.9 Å². The lowest BCUT2D eigenvalue weighted by Crippen LogP contribution is -2.34. The molecule has 2 aromatic heterocycles. The van der Waals surface area contributed by atoms with Crippen molar-refractivity contribution in [1.29, 1.82) is 0 Å². The summed E-state index contributed by atoms with van der Waals surface area (Å²) >= 11 is 0. The molecule has 0 spiro atoms. The summed E-state index contributed by atoms with van der Waals surface area (Å²) < 4.78 is 41.8. The van der Waals surface area contributed by atoms with Crippen molar-refractivity contribution in [2.24, 2.45) is 7.05 Å². The largest absolute Gasteiger partial charge is 0.421 e. The first-order valence-corrected chi connectivity index (χ1v) is 8.39. The van der Waals surface area contributed by atoms with Gasteiger partial charge in [0.15, 0.2) is 0 Å². The van der Waals surface area contributed by atoms with E-state index in [2.05, 4.69) is 10.1 Å². The van der Waals surface area contributed by atoms with Crippen molar-refractivity contribution in [2.45, 2.75) is 31.5 Å². The number of benzene rings is 1. The molecule has 6 nitrogen and oxygen atoms in total. The third kappa shape index (κ3) is 3.13. The Bertz CT molecular complexity index is 1160. The number of halogens is 3. The maximum absolute atomic E-state index is 13.3. The van der Waals surface area contributed by atoms with Gasteiger partial charge >= 0.3 is 6.18 Å². The van der Waals surface area contributed by atoms with Crippen LogP contribution in [0.15, 0.2) is 39.9 Å². The van der Waals surface area contributed by atoms with E-state index in [1.807, 2.05) is 0 Å². The van der Waals surface area contributed by atoms with Gasteiger partial charge in [0.25, 0.3) is 11.1 Å². The Morgan fingerprint density at radius 1 is 1.15 bits per heavy atom. The van der Waals surface area contributed by atoms with Crippen molar-refractivity contribution >= 4 is 10.9 Å². The first kappa shape index (κ1) is 17.4. The molecule has 1 saturated carbocycles. The molecule has 0 atom stereocenters. The van der Waals surface area contributed by atoms with Gasteiger partial charge in [-0.05, 0) is 31.0 Å². The minimum atomic E-state index is -4.77. The van der Waals surface area contributed by atoms with Crippen molar-refractivity contribution in [3.8, 4) is 0 Å². The molecule has 1 aliphatic rings. The molecule has 0 N–H and O–H groups in total. The summed E-state index contributed by atoms with van der Waals surface area (Å²) in [6, 6.07) is 7.50. The van der Waals surface area contributed by atoms with Crippen molar-refractivity contribution in [2.75, 3.05) is 0 Å². The first-order chi connectivity index (χ1) is 12.8. The highest BCUT2D eigenvalue weighted by atomic mass is 19.4. The van der Waals surface area contributed by atoms with Gasteiger partial charge in [-0.2, -0.15) is 18.3 Å². The zero-order valence-corrected chi connectivity index (χ0v) is 14.3. The van der Waals surface area contributed by atoms with Crippen molar-refractivity contribution < 1.29 is 13.2 Å². The van der Waals surface area contributed by atoms with Crippen LogP contribution in [0.5, 0.6) is 0 Å². The average molecular weight is 376 g/mol. The highest BCUT2D eigenvalue weighted by molar-refractivity contribution is 5.77. The Morgan fingerprint density at radius 2 is 1.85 bits per heavy atom. The number of fused-ring (bicyclic) bond motifs is 1. The fraction of sp³-hybridized carbons (Fsp3) is 0.333. The molecule has 4 rings (SSSR count). The summed E-state index contributed by atoms with van der Waals surface area (Å²) in [5.74, 6) is 0.0979. The summed E-state index contributed by atoms with van der Waals surface area (Å²) in [6.07, 6.45) is -3.28. The van der Waals surface area contributed by atoms with E-state index in [-0.39, 0.29) is 29.5 Å². The fourth-order valence-electron chi connectivity index (χ4n) is 2.99. The number of hydrogen-bond acceptors (Lipinski definition) is 4. The quantitative estimate of drug-likeness (QED) is 0.704. The molecule has 0 saturated heterocycles. The second-order valence-electron chi connectivity index (χ2n) is 6.63. The zero-order chi connectivity index (χ0) is 19.3. The third-order valence-electron chi connectivity index (χ3n) is 4.66. The Balaban J connectivity index is 1.87. The van der Waals surface area contributed by atoms with Gasteiger partial charge in [-0.15, -0.1) is 0 Å². The van der Waals surface area contributed by atoms with Crippen LogP contribution < -0.4 is 11.1 Å². The van der Waals surface area contributed by atoms with Crippen LogP contribution >= 0.6 is 0 Å². The van der Waals surface area contributed by atoms with Crippen molar-refractivity contribution in [3.63, 3.8) is 0 Å². The van der Waals surface area contributed by atoms with E-state index in [1.165, 1.54) is 11.6 Å². The predicted octanol–water partition coefficient (Wildman–Crippen LogP) is 2.43. The van der Waals surface area contributed by atoms with Crippen LogP contribution in [-0.2, 0) is 19.8 Å². The lowest BCUT2D eigenvalue weighted by Gasteiger charge is -2.14. The molecule has 1 aliphatic carbocycles. The maximum atomic E-state index is 13.3. The molecule has 0 unspecified atom stereocenters. The van der Waals surface area contributed by atoms with Gasteiger partial charge in [0, 0.05) is 13.0 Å². The highest BCUT2D eigenvalue weighted by Crippen LogP contribution is 2.40. The van der Waals surface area contributed by atoms with Gasteiger partial charge in [-0.3, -0.25) is 14.2 Å². The van der Waals surface area contributed by atoms with E-state index in [0.717, 1.165) is 23.6 Å². The molecule has 0 amide bonds. The van der Waals surface area contributed by atoms with Gasteiger partial charge in [0.1, 0.15) is 17.9 Å². The van der Waals surface area contributed by atoms with E-state index in [0.29, 0.717) is 10.9 Å². The van der Waals surface area contributed by atoms with E-state index in [1.54, 1.807) is 24.3 Å². The number of rotatable bonds is 3. The highest BCUT2D eigenvalue weighted by Gasteiger charge is 2.37. The van der Waals surface area contributed by atoms with Crippen LogP contribution in [0.2, 0.25) is 0 Å². The molecule has 0 bridgehead atoms. The topological polar surface area (TPSA) is 69.8 Å². The number of nitrogens with zero attached hydrogens (tertiary/aromatic N) is 4. The molecular formula is C18H15F3N4O2. The molecule has 0 aliphatic heterocycles. The Kier molecular flexibility index (Phi) is 3.90. The van der Waals surface area contributed by atoms with Crippen LogP contribution in [-0.4, -0.2) is 19.3 Å². The van der Waals surface area contributed by atoms with Gasteiger partial charge in [0.2, 0.25) is 0 Å². The number of aromatic nitrogens is 4. The molecule has 27 heavy (non-hydrogen) atoms. The monoisotopic (exact) mass is 376 g/mol. The Hall–Kier alpha value is -2.97.